The lowest BCUT2D eigenvalue weighted by molar-refractivity contribution is 0.0944. The number of amides is 1. The van der Waals surface area contributed by atoms with E-state index in [-0.39, 0.29) is 17.0 Å². The summed E-state index contributed by atoms with van der Waals surface area (Å²) in [5.74, 6) is -0.346. The molecule has 0 bridgehead atoms. The van der Waals surface area contributed by atoms with Gasteiger partial charge >= 0.3 is 0 Å². The predicted molar refractivity (Wildman–Crippen MR) is 108 cm³/mol. The number of nitrogens with one attached hydrogen (secondary N) is 2. The van der Waals surface area contributed by atoms with Crippen molar-refractivity contribution in [1.29, 1.82) is 0 Å². The van der Waals surface area contributed by atoms with Gasteiger partial charge in [-0.2, -0.15) is 5.10 Å². The summed E-state index contributed by atoms with van der Waals surface area (Å²) < 4.78 is 6.78. The van der Waals surface area contributed by atoms with Gasteiger partial charge in [-0.05, 0) is 23.8 Å². The molecule has 3 heterocycles. The zero-order valence-corrected chi connectivity index (χ0v) is 15.2. The highest BCUT2D eigenvalue weighted by Crippen LogP contribution is 2.23. The molecule has 29 heavy (non-hydrogen) atoms. The van der Waals surface area contributed by atoms with Gasteiger partial charge < -0.3 is 14.7 Å². The van der Waals surface area contributed by atoms with Crippen LogP contribution >= 0.6 is 0 Å². The zero-order valence-electron chi connectivity index (χ0n) is 15.2. The Hall–Kier alpha value is -4.13. The zero-order chi connectivity index (χ0) is 19.8. The standard InChI is InChI=1S/C22H16N4O3/c27-21-16-8-4-5-9-18(16)26-20(25-21)17(12-23-26)22(28)24-19(15-10-11-29-13-15)14-6-2-1-3-7-14/h1-13,19H,(H,24,28)(H,25,27). The molecule has 2 aromatic carbocycles. The van der Waals surface area contributed by atoms with Crippen molar-refractivity contribution in [2.24, 2.45) is 0 Å². The van der Waals surface area contributed by atoms with E-state index in [1.165, 1.54) is 6.20 Å². The quantitative estimate of drug-likeness (QED) is 0.497. The Morgan fingerprint density at radius 1 is 1.03 bits per heavy atom. The van der Waals surface area contributed by atoms with Gasteiger partial charge in [0.15, 0.2) is 0 Å². The van der Waals surface area contributed by atoms with E-state index in [0.717, 1.165) is 11.1 Å². The fourth-order valence-corrected chi connectivity index (χ4v) is 3.50. The van der Waals surface area contributed by atoms with Crippen LogP contribution in [0.5, 0.6) is 0 Å². The largest absolute Gasteiger partial charge is 0.472 e. The van der Waals surface area contributed by atoms with Gasteiger partial charge in [-0.15, -0.1) is 0 Å². The lowest BCUT2D eigenvalue weighted by Crippen LogP contribution is -2.29. The second kappa shape index (κ2) is 6.79. The van der Waals surface area contributed by atoms with E-state index >= 15 is 0 Å². The predicted octanol–water partition coefficient (Wildman–Crippen LogP) is 3.29. The van der Waals surface area contributed by atoms with Crippen LogP contribution < -0.4 is 10.9 Å². The number of para-hydroxylation sites is 1. The van der Waals surface area contributed by atoms with Crippen LogP contribution in [0.1, 0.15) is 27.5 Å². The van der Waals surface area contributed by atoms with Gasteiger partial charge in [0.2, 0.25) is 0 Å². The lowest BCUT2D eigenvalue weighted by Gasteiger charge is -2.17. The molecule has 0 radical (unpaired) electrons. The molecule has 0 aliphatic rings. The van der Waals surface area contributed by atoms with Crippen molar-refractivity contribution in [3.8, 4) is 0 Å². The Morgan fingerprint density at radius 3 is 2.62 bits per heavy atom. The highest BCUT2D eigenvalue weighted by atomic mass is 16.3. The minimum Gasteiger partial charge on any atom is -0.472 e. The molecule has 0 aliphatic carbocycles. The van der Waals surface area contributed by atoms with Crippen LogP contribution in [-0.4, -0.2) is 20.5 Å². The monoisotopic (exact) mass is 384 g/mol. The number of rotatable bonds is 4. The summed E-state index contributed by atoms with van der Waals surface area (Å²) in [4.78, 5) is 28.4. The van der Waals surface area contributed by atoms with Gasteiger partial charge in [0, 0.05) is 5.56 Å². The average molecular weight is 384 g/mol. The summed E-state index contributed by atoms with van der Waals surface area (Å²) in [6.45, 7) is 0. The van der Waals surface area contributed by atoms with Crippen molar-refractivity contribution in [2.75, 3.05) is 0 Å². The number of H-pyrrole nitrogens is 1. The smallest absolute Gasteiger partial charge is 0.259 e. The van der Waals surface area contributed by atoms with Crippen LogP contribution in [0.25, 0.3) is 16.6 Å². The third kappa shape index (κ3) is 2.89. The molecule has 1 atom stereocenters. The van der Waals surface area contributed by atoms with Crippen molar-refractivity contribution < 1.29 is 9.21 Å². The van der Waals surface area contributed by atoms with Crippen LogP contribution in [0.15, 0.2) is 88.6 Å². The van der Waals surface area contributed by atoms with Gasteiger partial charge in [0.25, 0.3) is 11.5 Å². The molecule has 3 aromatic heterocycles. The number of aromatic amines is 1. The number of nitrogens with zero attached hydrogens (tertiary/aromatic N) is 2. The highest BCUT2D eigenvalue weighted by molar-refractivity contribution is 6.01. The van der Waals surface area contributed by atoms with Gasteiger partial charge in [0.1, 0.15) is 11.2 Å². The Bertz CT molecular complexity index is 1370. The number of aromatic nitrogens is 3. The molecule has 0 fully saturated rings. The second-order valence-corrected chi connectivity index (χ2v) is 6.66. The first-order chi connectivity index (χ1) is 14.2. The molecule has 1 unspecified atom stereocenters. The first-order valence-corrected chi connectivity index (χ1v) is 9.09. The topological polar surface area (TPSA) is 92.4 Å². The van der Waals surface area contributed by atoms with Gasteiger partial charge in [0.05, 0.1) is 35.7 Å². The Balaban J connectivity index is 1.58. The average Bonchev–Trinajstić information content (AvgIpc) is 3.43. The van der Waals surface area contributed by atoms with Crippen LogP contribution in [-0.2, 0) is 0 Å². The molecule has 0 aliphatic heterocycles. The number of carbonyl (C=O) groups excluding carboxylic acids is 1. The minimum absolute atomic E-state index is 0.267. The minimum atomic E-state index is -0.399. The van der Waals surface area contributed by atoms with Crippen molar-refractivity contribution in [3.63, 3.8) is 0 Å². The maximum Gasteiger partial charge on any atom is 0.259 e. The number of carbonyl (C=O) groups is 1. The third-order valence-corrected chi connectivity index (χ3v) is 4.91. The van der Waals surface area contributed by atoms with Crippen LogP contribution in [0.4, 0.5) is 0 Å². The highest BCUT2D eigenvalue weighted by Gasteiger charge is 2.22. The van der Waals surface area contributed by atoms with Gasteiger partial charge in [-0.25, -0.2) is 4.52 Å². The van der Waals surface area contributed by atoms with Crippen molar-refractivity contribution in [2.45, 2.75) is 6.04 Å². The molecule has 7 heteroatoms. The summed E-state index contributed by atoms with van der Waals surface area (Å²) in [5, 5.41) is 7.85. The Labute approximate surface area is 164 Å². The molecular formula is C22H16N4O3. The second-order valence-electron chi connectivity index (χ2n) is 6.66. The molecule has 7 nitrogen and oxygen atoms in total. The SMILES string of the molecule is O=C(NC(c1ccccc1)c1ccoc1)c1cnn2c1[nH]c(=O)c1ccccc12. The number of furan rings is 1. The summed E-state index contributed by atoms with van der Waals surface area (Å²) in [7, 11) is 0. The van der Waals surface area contributed by atoms with Crippen molar-refractivity contribution in [3.05, 3.63) is 106 Å². The summed E-state index contributed by atoms with van der Waals surface area (Å²) >= 11 is 0. The van der Waals surface area contributed by atoms with E-state index in [2.05, 4.69) is 15.4 Å². The molecule has 2 N–H and O–H groups in total. The summed E-state index contributed by atoms with van der Waals surface area (Å²) in [5.41, 5.74) is 2.75. The van der Waals surface area contributed by atoms with E-state index in [0.29, 0.717) is 16.6 Å². The normalized spacial score (nSPS) is 12.3. The number of hydrogen-bond donors (Lipinski definition) is 2. The number of benzene rings is 2. The number of hydrogen-bond acceptors (Lipinski definition) is 4. The maximum atomic E-state index is 13.1. The van der Waals surface area contributed by atoms with Gasteiger partial charge in [-0.3, -0.25) is 9.59 Å². The van der Waals surface area contributed by atoms with Gasteiger partial charge in [-0.1, -0.05) is 42.5 Å². The molecule has 0 saturated heterocycles. The van der Waals surface area contributed by atoms with E-state index in [1.807, 2.05) is 42.5 Å². The van der Waals surface area contributed by atoms with E-state index in [9.17, 15) is 9.59 Å². The summed E-state index contributed by atoms with van der Waals surface area (Å²) in [6, 6.07) is 18.1. The molecule has 5 rings (SSSR count). The van der Waals surface area contributed by atoms with Crippen LogP contribution in [0.2, 0.25) is 0 Å². The first-order valence-electron chi connectivity index (χ1n) is 9.09. The van der Waals surface area contributed by atoms with Crippen LogP contribution in [0, 0.1) is 0 Å². The van der Waals surface area contributed by atoms with E-state index < -0.39 is 6.04 Å². The summed E-state index contributed by atoms with van der Waals surface area (Å²) in [6.07, 6.45) is 4.63. The lowest BCUT2D eigenvalue weighted by atomic mass is 10.0. The van der Waals surface area contributed by atoms with Crippen molar-refractivity contribution in [1.82, 2.24) is 19.9 Å². The molecule has 1 amide bonds. The van der Waals surface area contributed by atoms with E-state index in [1.54, 1.807) is 35.2 Å². The molecule has 0 saturated carbocycles. The van der Waals surface area contributed by atoms with E-state index in [4.69, 9.17) is 4.42 Å². The molecule has 5 aromatic rings. The third-order valence-electron chi connectivity index (χ3n) is 4.91. The van der Waals surface area contributed by atoms with Crippen LogP contribution in [0.3, 0.4) is 0 Å². The Kier molecular flexibility index (Phi) is 3.98. The fourth-order valence-electron chi connectivity index (χ4n) is 3.50. The first kappa shape index (κ1) is 17.0. The maximum absolute atomic E-state index is 13.1. The fraction of sp³-hybridized carbons (Fsp3) is 0.0455. The molecule has 142 valence electrons. The molecular weight excluding hydrogens is 368 g/mol. The Morgan fingerprint density at radius 2 is 1.83 bits per heavy atom. The molecule has 0 spiro atoms. The number of fused-ring (bicyclic) bond motifs is 3. The van der Waals surface area contributed by atoms with Crippen molar-refractivity contribution >= 4 is 22.5 Å².